The second-order valence-electron chi connectivity index (χ2n) is 8.76. The molecule has 162 valence electrons. The lowest BCUT2D eigenvalue weighted by molar-refractivity contribution is -0.138. The standard InChI is InChI=1S/C21H33N3O4S/c1-15(2)21-18(12-22-8-10-23(11-9-22)14-19(25)26)13-24(29(21,27)28)20-16(3)6-5-7-17(20)4/h5-7,15,18,21H,8-14H2,1-4H3,(H,25,26)/t18-,21+/m1/s1. The van der Waals surface area contributed by atoms with E-state index in [-0.39, 0.29) is 18.4 Å². The summed E-state index contributed by atoms with van der Waals surface area (Å²) in [5.74, 6) is -0.734. The third-order valence-corrected chi connectivity index (χ3v) is 8.74. The molecule has 0 unspecified atom stereocenters. The van der Waals surface area contributed by atoms with Gasteiger partial charge in [-0.05, 0) is 30.9 Å². The maximum atomic E-state index is 13.5. The summed E-state index contributed by atoms with van der Waals surface area (Å²) in [4.78, 5) is 15.1. The highest BCUT2D eigenvalue weighted by molar-refractivity contribution is 7.93. The number of carbonyl (C=O) groups is 1. The average molecular weight is 424 g/mol. The summed E-state index contributed by atoms with van der Waals surface area (Å²) in [5.41, 5.74) is 2.80. The van der Waals surface area contributed by atoms with E-state index >= 15 is 0 Å². The van der Waals surface area contributed by atoms with Crippen LogP contribution in [0.15, 0.2) is 18.2 Å². The molecule has 0 aromatic heterocycles. The number of para-hydroxylation sites is 1. The van der Waals surface area contributed by atoms with Crippen LogP contribution in [0.3, 0.4) is 0 Å². The number of piperazine rings is 1. The van der Waals surface area contributed by atoms with Crippen molar-refractivity contribution in [3.8, 4) is 0 Å². The number of aliphatic carboxylic acids is 1. The van der Waals surface area contributed by atoms with Crippen molar-refractivity contribution in [2.45, 2.75) is 32.9 Å². The zero-order valence-electron chi connectivity index (χ0n) is 17.8. The first-order chi connectivity index (χ1) is 13.6. The van der Waals surface area contributed by atoms with E-state index in [0.717, 1.165) is 36.4 Å². The fourth-order valence-electron chi connectivity index (χ4n) is 4.93. The van der Waals surface area contributed by atoms with E-state index in [1.165, 1.54) is 0 Å². The van der Waals surface area contributed by atoms with E-state index in [0.29, 0.717) is 19.6 Å². The molecule has 2 aliphatic rings. The Bertz CT molecular complexity index is 827. The number of carboxylic acid groups (broad SMARTS) is 1. The topological polar surface area (TPSA) is 81.2 Å². The zero-order valence-corrected chi connectivity index (χ0v) is 18.7. The molecule has 0 bridgehead atoms. The van der Waals surface area contributed by atoms with Gasteiger partial charge in [-0.25, -0.2) is 8.42 Å². The molecule has 0 spiro atoms. The Balaban J connectivity index is 1.78. The SMILES string of the molecule is Cc1cccc(C)c1N1C[C@@H](CN2CCN(CC(=O)O)CC2)[C@H](C(C)C)S1(=O)=O. The number of benzene rings is 1. The molecule has 29 heavy (non-hydrogen) atoms. The van der Waals surface area contributed by atoms with E-state index in [2.05, 4.69) is 4.90 Å². The molecule has 0 aliphatic carbocycles. The van der Waals surface area contributed by atoms with Gasteiger partial charge in [-0.2, -0.15) is 0 Å². The van der Waals surface area contributed by atoms with Gasteiger partial charge in [0, 0.05) is 45.2 Å². The monoisotopic (exact) mass is 423 g/mol. The summed E-state index contributed by atoms with van der Waals surface area (Å²) < 4.78 is 28.6. The van der Waals surface area contributed by atoms with Gasteiger partial charge in [0.05, 0.1) is 17.5 Å². The van der Waals surface area contributed by atoms with Gasteiger partial charge in [-0.3, -0.25) is 14.0 Å². The molecule has 1 aromatic rings. The van der Waals surface area contributed by atoms with Crippen molar-refractivity contribution in [2.75, 3.05) is 50.1 Å². The van der Waals surface area contributed by atoms with Crippen molar-refractivity contribution in [1.82, 2.24) is 9.80 Å². The Hall–Kier alpha value is -1.64. The van der Waals surface area contributed by atoms with E-state index in [1.54, 1.807) is 4.31 Å². The van der Waals surface area contributed by atoms with Crippen molar-refractivity contribution in [3.63, 3.8) is 0 Å². The zero-order chi connectivity index (χ0) is 21.3. The summed E-state index contributed by atoms with van der Waals surface area (Å²) in [5, 5.41) is 8.57. The van der Waals surface area contributed by atoms with Crippen molar-refractivity contribution < 1.29 is 18.3 Å². The van der Waals surface area contributed by atoms with E-state index < -0.39 is 21.2 Å². The summed E-state index contributed by atoms with van der Waals surface area (Å²) in [6, 6.07) is 5.90. The summed E-state index contributed by atoms with van der Waals surface area (Å²) in [7, 11) is -3.43. The number of rotatable bonds is 6. The van der Waals surface area contributed by atoms with Crippen molar-refractivity contribution in [1.29, 1.82) is 0 Å². The van der Waals surface area contributed by atoms with E-state index in [4.69, 9.17) is 5.11 Å². The number of aryl methyl sites for hydroxylation is 2. The van der Waals surface area contributed by atoms with Gasteiger partial charge in [0.25, 0.3) is 0 Å². The molecule has 2 heterocycles. The fourth-order valence-corrected chi connectivity index (χ4v) is 7.51. The van der Waals surface area contributed by atoms with Crippen LogP contribution in [-0.4, -0.2) is 80.4 Å². The molecule has 0 amide bonds. The number of hydrogen-bond donors (Lipinski definition) is 1. The molecule has 2 aliphatic heterocycles. The summed E-state index contributed by atoms with van der Waals surface area (Å²) in [6.45, 7) is 12.2. The second-order valence-corrected chi connectivity index (χ2v) is 10.8. The van der Waals surface area contributed by atoms with Gasteiger partial charge in [-0.15, -0.1) is 0 Å². The number of nitrogens with zero attached hydrogens (tertiary/aromatic N) is 3. The first-order valence-electron chi connectivity index (χ1n) is 10.4. The number of carboxylic acids is 1. The Morgan fingerprint density at radius 1 is 1.10 bits per heavy atom. The Labute approximate surface area is 174 Å². The van der Waals surface area contributed by atoms with Crippen LogP contribution >= 0.6 is 0 Å². The minimum Gasteiger partial charge on any atom is -0.480 e. The molecule has 2 saturated heterocycles. The van der Waals surface area contributed by atoms with Crippen LogP contribution in [0, 0.1) is 25.7 Å². The van der Waals surface area contributed by atoms with Gasteiger partial charge < -0.3 is 10.0 Å². The molecule has 0 saturated carbocycles. The molecule has 0 radical (unpaired) electrons. The van der Waals surface area contributed by atoms with Crippen molar-refractivity contribution >= 4 is 21.7 Å². The van der Waals surface area contributed by atoms with Crippen LogP contribution in [0.2, 0.25) is 0 Å². The Kier molecular flexibility index (Phi) is 6.55. The van der Waals surface area contributed by atoms with Crippen LogP contribution in [0.1, 0.15) is 25.0 Å². The van der Waals surface area contributed by atoms with Gasteiger partial charge in [0.1, 0.15) is 0 Å². The quantitative estimate of drug-likeness (QED) is 0.751. The third kappa shape index (κ3) is 4.59. The largest absolute Gasteiger partial charge is 0.480 e. The summed E-state index contributed by atoms with van der Waals surface area (Å²) in [6.07, 6.45) is 0. The molecule has 2 fully saturated rings. The fraction of sp³-hybridized carbons (Fsp3) is 0.667. The molecular weight excluding hydrogens is 390 g/mol. The number of hydrogen-bond acceptors (Lipinski definition) is 5. The highest BCUT2D eigenvalue weighted by Crippen LogP contribution is 2.39. The average Bonchev–Trinajstić information content (AvgIpc) is 2.86. The Morgan fingerprint density at radius 2 is 1.66 bits per heavy atom. The van der Waals surface area contributed by atoms with Crippen LogP contribution in [0.25, 0.3) is 0 Å². The predicted molar refractivity (Wildman–Crippen MR) is 115 cm³/mol. The lowest BCUT2D eigenvalue weighted by Crippen LogP contribution is -2.50. The maximum absolute atomic E-state index is 13.5. The minimum atomic E-state index is -3.43. The lowest BCUT2D eigenvalue weighted by atomic mass is 9.95. The van der Waals surface area contributed by atoms with Crippen LogP contribution in [0.4, 0.5) is 5.69 Å². The number of anilines is 1. The third-order valence-electron chi connectivity index (χ3n) is 6.18. The van der Waals surface area contributed by atoms with E-state index in [1.807, 2.05) is 50.8 Å². The predicted octanol–water partition coefficient (Wildman–Crippen LogP) is 1.80. The van der Waals surface area contributed by atoms with Crippen molar-refractivity contribution in [2.24, 2.45) is 11.8 Å². The first-order valence-corrected chi connectivity index (χ1v) is 11.9. The molecule has 1 aromatic carbocycles. The molecule has 3 rings (SSSR count). The second kappa shape index (κ2) is 8.62. The smallest absolute Gasteiger partial charge is 0.317 e. The summed E-state index contributed by atoms with van der Waals surface area (Å²) >= 11 is 0. The molecule has 8 heteroatoms. The van der Waals surface area contributed by atoms with Crippen LogP contribution < -0.4 is 4.31 Å². The molecule has 7 nitrogen and oxygen atoms in total. The van der Waals surface area contributed by atoms with Gasteiger partial charge in [-0.1, -0.05) is 32.0 Å². The normalized spacial score (nSPS) is 25.6. The maximum Gasteiger partial charge on any atom is 0.317 e. The van der Waals surface area contributed by atoms with Crippen LogP contribution in [-0.2, 0) is 14.8 Å². The minimum absolute atomic E-state index is 0.0324. The number of sulfonamides is 1. The molecule has 1 N–H and O–H groups in total. The Morgan fingerprint density at radius 3 is 2.17 bits per heavy atom. The van der Waals surface area contributed by atoms with Gasteiger partial charge >= 0.3 is 5.97 Å². The lowest BCUT2D eigenvalue weighted by Gasteiger charge is -2.36. The van der Waals surface area contributed by atoms with Crippen LogP contribution in [0.5, 0.6) is 0 Å². The van der Waals surface area contributed by atoms with E-state index in [9.17, 15) is 13.2 Å². The molecule has 2 atom stereocenters. The van der Waals surface area contributed by atoms with Crippen molar-refractivity contribution in [3.05, 3.63) is 29.3 Å². The van der Waals surface area contributed by atoms with Gasteiger partial charge in [0.2, 0.25) is 10.0 Å². The van der Waals surface area contributed by atoms with Gasteiger partial charge in [0.15, 0.2) is 0 Å². The highest BCUT2D eigenvalue weighted by Gasteiger charge is 2.48. The highest BCUT2D eigenvalue weighted by atomic mass is 32.2. The first kappa shape index (κ1) is 22.1. The molecular formula is C21H33N3O4S.